The van der Waals surface area contributed by atoms with Gasteiger partial charge in [0.15, 0.2) is 0 Å². The average molecular weight is 240 g/mol. The molecular weight excluding hydrogens is 212 g/mol. The molecule has 1 heterocycles. The van der Waals surface area contributed by atoms with Crippen LogP contribution in [0, 0.1) is 11.8 Å². The van der Waals surface area contributed by atoms with Crippen LogP contribution in [0.1, 0.15) is 40.0 Å². The van der Waals surface area contributed by atoms with Gasteiger partial charge in [0.25, 0.3) is 0 Å². The fraction of sp³-hybridized carbons (Fsp3) is 1.00. The lowest BCUT2D eigenvalue weighted by atomic mass is 9.73. The maximum absolute atomic E-state index is 9.41. The second-order valence-electron chi connectivity index (χ2n) is 6.28. The van der Waals surface area contributed by atoms with E-state index in [1.807, 2.05) is 6.92 Å². The number of aliphatic hydroxyl groups is 1. The third-order valence-corrected chi connectivity index (χ3v) is 4.48. The van der Waals surface area contributed by atoms with Crippen molar-refractivity contribution in [2.24, 2.45) is 11.8 Å². The fourth-order valence-electron chi connectivity index (χ4n) is 3.53. The van der Waals surface area contributed by atoms with Gasteiger partial charge in [-0.1, -0.05) is 6.42 Å². The van der Waals surface area contributed by atoms with Crippen molar-refractivity contribution < 1.29 is 5.11 Å². The third kappa shape index (κ3) is 3.21. The molecule has 0 aromatic rings. The first-order valence-electron chi connectivity index (χ1n) is 7.23. The molecule has 3 atom stereocenters. The maximum atomic E-state index is 9.41. The molecule has 1 saturated carbocycles. The predicted octanol–water partition coefficient (Wildman–Crippen LogP) is 1.47. The molecule has 1 aliphatic carbocycles. The van der Waals surface area contributed by atoms with E-state index in [1.54, 1.807) is 0 Å². The van der Waals surface area contributed by atoms with Gasteiger partial charge >= 0.3 is 0 Å². The van der Waals surface area contributed by atoms with Crippen molar-refractivity contribution >= 4 is 0 Å². The SMILES string of the molecule is CC(O)CNC1C2CCCC1CN(C(C)C)C2. The van der Waals surface area contributed by atoms with Gasteiger partial charge in [0.05, 0.1) is 6.10 Å². The lowest BCUT2D eigenvalue weighted by Gasteiger charge is -2.49. The Morgan fingerprint density at radius 1 is 1.18 bits per heavy atom. The van der Waals surface area contributed by atoms with Crippen LogP contribution in [0.5, 0.6) is 0 Å². The summed E-state index contributed by atoms with van der Waals surface area (Å²) in [6.07, 6.45) is 3.89. The van der Waals surface area contributed by atoms with E-state index in [1.165, 1.54) is 32.4 Å². The third-order valence-electron chi connectivity index (χ3n) is 4.48. The number of piperidine rings is 1. The van der Waals surface area contributed by atoms with Crippen LogP contribution < -0.4 is 5.32 Å². The average Bonchev–Trinajstić information content (AvgIpc) is 2.24. The fourth-order valence-corrected chi connectivity index (χ4v) is 3.53. The van der Waals surface area contributed by atoms with E-state index in [2.05, 4.69) is 24.1 Å². The minimum Gasteiger partial charge on any atom is -0.392 e. The molecule has 0 spiro atoms. The topological polar surface area (TPSA) is 35.5 Å². The first-order valence-corrected chi connectivity index (χ1v) is 7.23. The molecule has 0 aromatic heterocycles. The summed E-state index contributed by atoms with van der Waals surface area (Å²) < 4.78 is 0. The summed E-state index contributed by atoms with van der Waals surface area (Å²) in [7, 11) is 0. The molecule has 3 nitrogen and oxygen atoms in total. The van der Waals surface area contributed by atoms with Gasteiger partial charge < -0.3 is 15.3 Å². The monoisotopic (exact) mass is 240 g/mol. The van der Waals surface area contributed by atoms with E-state index < -0.39 is 0 Å². The van der Waals surface area contributed by atoms with Crippen LogP contribution in [0.25, 0.3) is 0 Å². The summed E-state index contributed by atoms with van der Waals surface area (Å²) in [4.78, 5) is 2.63. The molecule has 2 aliphatic rings. The summed E-state index contributed by atoms with van der Waals surface area (Å²) in [6, 6.07) is 1.32. The van der Waals surface area contributed by atoms with Crippen LogP contribution in [-0.2, 0) is 0 Å². The van der Waals surface area contributed by atoms with Crippen LogP contribution in [-0.4, -0.2) is 47.8 Å². The molecule has 2 N–H and O–H groups in total. The molecule has 0 aromatic carbocycles. The van der Waals surface area contributed by atoms with Gasteiger partial charge in [0.1, 0.15) is 0 Å². The zero-order valence-electron chi connectivity index (χ0n) is 11.5. The van der Waals surface area contributed by atoms with Crippen molar-refractivity contribution in [2.45, 2.75) is 58.2 Å². The summed E-state index contributed by atoms with van der Waals surface area (Å²) in [5.74, 6) is 1.59. The molecule has 1 aliphatic heterocycles. The van der Waals surface area contributed by atoms with E-state index in [0.717, 1.165) is 18.4 Å². The van der Waals surface area contributed by atoms with Crippen molar-refractivity contribution in [1.82, 2.24) is 10.2 Å². The molecule has 0 amide bonds. The van der Waals surface area contributed by atoms with E-state index in [9.17, 15) is 5.11 Å². The number of nitrogens with zero attached hydrogens (tertiary/aromatic N) is 1. The standard InChI is InChI=1S/C14H28N2O/c1-10(2)16-8-12-5-4-6-13(9-16)14(12)15-7-11(3)17/h10-15,17H,4-9H2,1-3H3. The Hall–Kier alpha value is -0.120. The maximum Gasteiger partial charge on any atom is 0.0636 e. The van der Waals surface area contributed by atoms with Crippen molar-refractivity contribution in [3.05, 3.63) is 0 Å². The van der Waals surface area contributed by atoms with Gasteiger partial charge in [0, 0.05) is 31.7 Å². The van der Waals surface area contributed by atoms with Crippen LogP contribution in [0.4, 0.5) is 0 Å². The first-order chi connectivity index (χ1) is 8.08. The normalized spacial score (nSPS) is 36.2. The van der Waals surface area contributed by atoms with Crippen molar-refractivity contribution in [3.63, 3.8) is 0 Å². The van der Waals surface area contributed by atoms with Gasteiger partial charge in [-0.2, -0.15) is 0 Å². The second kappa shape index (κ2) is 5.68. The highest BCUT2D eigenvalue weighted by atomic mass is 16.3. The van der Waals surface area contributed by atoms with Gasteiger partial charge in [-0.25, -0.2) is 0 Å². The zero-order chi connectivity index (χ0) is 12.4. The summed E-state index contributed by atoms with van der Waals surface area (Å²) in [5, 5.41) is 13.0. The molecule has 2 rings (SSSR count). The van der Waals surface area contributed by atoms with Gasteiger partial charge in [0.2, 0.25) is 0 Å². The minimum atomic E-state index is -0.223. The number of rotatable bonds is 4. The van der Waals surface area contributed by atoms with E-state index in [0.29, 0.717) is 12.1 Å². The van der Waals surface area contributed by atoms with Crippen molar-refractivity contribution in [2.75, 3.05) is 19.6 Å². The molecule has 2 bridgehead atoms. The van der Waals surface area contributed by atoms with Gasteiger partial charge in [-0.05, 0) is 45.4 Å². The highest BCUT2D eigenvalue weighted by Gasteiger charge is 2.39. The van der Waals surface area contributed by atoms with Crippen LogP contribution in [0.2, 0.25) is 0 Å². The number of fused-ring (bicyclic) bond motifs is 2. The molecule has 3 unspecified atom stereocenters. The van der Waals surface area contributed by atoms with E-state index in [-0.39, 0.29) is 6.10 Å². The lowest BCUT2D eigenvalue weighted by molar-refractivity contribution is 0.0250. The van der Waals surface area contributed by atoms with Crippen molar-refractivity contribution in [3.8, 4) is 0 Å². The highest BCUT2D eigenvalue weighted by Crippen LogP contribution is 2.35. The van der Waals surface area contributed by atoms with Crippen LogP contribution >= 0.6 is 0 Å². The minimum absolute atomic E-state index is 0.223. The van der Waals surface area contributed by atoms with Crippen molar-refractivity contribution in [1.29, 1.82) is 0 Å². The molecule has 3 heteroatoms. The molecule has 2 fully saturated rings. The Morgan fingerprint density at radius 2 is 1.76 bits per heavy atom. The van der Waals surface area contributed by atoms with E-state index in [4.69, 9.17) is 0 Å². The Morgan fingerprint density at radius 3 is 2.24 bits per heavy atom. The summed E-state index contributed by atoms with van der Waals surface area (Å²) in [6.45, 7) is 9.71. The number of hydrogen-bond acceptors (Lipinski definition) is 3. The Labute approximate surface area is 106 Å². The van der Waals surface area contributed by atoms with Crippen LogP contribution in [0.3, 0.4) is 0 Å². The number of hydrogen-bond donors (Lipinski definition) is 2. The Kier molecular flexibility index (Phi) is 4.45. The van der Waals surface area contributed by atoms with Gasteiger partial charge in [-0.15, -0.1) is 0 Å². The quantitative estimate of drug-likeness (QED) is 0.781. The lowest BCUT2D eigenvalue weighted by Crippen LogP contribution is -2.59. The molecule has 0 radical (unpaired) electrons. The smallest absolute Gasteiger partial charge is 0.0636 e. The van der Waals surface area contributed by atoms with E-state index >= 15 is 0 Å². The molecule has 100 valence electrons. The summed E-state index contributed by atoms with van der Waals surface area (Å²) in [5.41, 5.74) is 0. The predicted molar refractivity (Wildman–Crippen MR) is 71.0 cm³/mol. The Balaban J connectivity index is 1.95. The van der Waals surface area contributed by atoms with Crippen LogP contribution in [0.15, 0.2) is 0 Å². The molecule has 17 heavy (non-hydrogen) atoms. The zero-order valence-corrected chi connectivity index (χ0v) is 11.5. The summed E-state index contributed by atoms with van der Waals surface area (Å²) >= 11 is 0. The number of likely N-dealkylation sites (tertiary alicyclic amines) is 1. The van der Waals surface area contributed by atoms with Gasteiger partial charge in [-0.3, -0.25) is 0 Å². The number of aliphatic hydroxyl groups excluding tert-OH is 1. The Bertz CT molecular complexity index is 228. The molecule has 1 saturated heterocycles. The first kappa shape index (κ1) is 13.3. The highest BCUT2D eigenvalue weighted by molar-refractivity contribution is 4.95. The largest absolute Gasteiger partial charge is 0.392 e. The molecular formula is C14H28N2O. The number of nitrogens with one attached hydrogen (secondary N) is 1. The second-order valence-corrected chi connectivity index (χ2v) is 6.28.